The van der Waals surface area contributed by atoms with Crippen LogP contribution < -0.4 is 0 Å². The molecule has 5 rings (SSSR count). The van der Waals surface area contributed by atoms with E-state index in [1.165, 1.54) is 11.1 Å². The Hall–Kier alpha value is -4.44. The molecule has 0 fully saturated rings. The second-order valence-corrected chi connectivity index (χ2v) is 9.59. The van der Waals surface area contributed by atoms with Crippen molar-refractivity contribution >= 4 is 0 Å². The largest absolute Gasteiger partial charge is 0.508 e. The van der Waals surface area contributed by atoms with Crippen molar-refractivity contribution in [2.24, 2.45) is 0 Å². The van der Waals surface area contributed by atoms with Gasteiger partial charge in [0, 0.05) is 11.1 Å². The second kappa shape index (κ2) is 12.2. The molecular formula is C34H32N2O2. The molecule has 2 N–H and O–H groups in total. The Morgan fingerprint density at radius 2 is 0.789 bits per heavy atom. The standard InChI is InChI=1S/C34H32N2O2/c37-29-21-17-27(18-22-29)33-31(15-7-13-25-9-3-1-4-10-25)35-34(28-19-23-30(38)24-20-28)32(36-33)16-8-14-26-11-5-2-6-12-26/h1-6,9-12,17-24,37-38H,7-8,13-16H2. The zero-order valence-electron chi connectivity index (χ0n) is 21.4. The molecule has 0 radical (unpaired) electrons. The third-order valence-corrected chi connectivity index (χ3v) is 6.77. The fourth-order valence-electron chi connectivity index (χ4n) is 4.76. The summed E-state index contributed by atoms with van der Waals surface area (Å²) in [4.78, 5) is 10.4. The Kier molecular flexibility index (Phi) is 8.10. The highest BCUT2D eigenvalue weighted by Gasteiger charge is 2.17. The van der Waals surface area contributed by atoms with Gasteiger partial charge in [0.25, 0.3) is 0 Å². The van der Waals surface area contributed by atoms with Crippen LogP contribution in [-0.2, 0) is 25.7 Å². The van der Waals surface area contributed by atoms with E-state index in [4.69, 9.17) is 9.97 Å². The molecule has 1 heterocycles. The van der Waals surface area contributed by atoms with Crippen molar-refractivity contribution < 1.29 is 10.2 Å². The molecule has 1 aromatic heterocycles. The quantitative estimate of drug-likeness (QED) is 0.207. The minimum absolute atomic E-state index is 0.233. The van der Waals surface area contributed by atoms with E-state index in [9.17, 15) is 10.2 Å². The van der Waals surface area contributed by atoms with Gasteiger partial charge in [-0.15, -0.1) is 0 Å². The van der Waals surface area contributed by atoms with Gasteiger partial charge in [-0.25, -0.2) is 9.97 Å². The molecule has 0 bridgehead atoms. The lowest BCUT2D eigenvalue weighted by molar-refractivity contribution is 0.475. The normalized spacial score (nSPS) is 10.9. The zero-order valence-corrected chi connectivity index (χ0v) is 21.4. The molecule has 0 aliphatic rings. The monoisotopic (exact) mass is 500 g/mol. The summed E-state index contributed by atoms with van der Waals surface area (Å²) in [7, 11) is 0. The van der Waals surface area contributed by atoms with Crippen LogP contribution in [0.15, 0.2) is 109 Å². The number of nitrogens with zero attached hydrogens (tertiary/aromatic N) is 2. The molecule has 38 heavy (non-hydrogen) atoms. The van der Waals surface area contributed by atoms with Gasteiger partial charge < -0.3 is 10.2 Å². The van der Waals surface area contributed by atoms with Gasteiger partial charge in [0.1, 0.15) is 11.5 Å². The third-order valence-electron chi connectivity index (χ3n) is 6.77. The van der Waals surface area contributed by atoms with Gasteiger partial charge in [0.15, 0.2) is 0 Å². The minimum atomic E-state index is 0.233. The van der Waals surface area contributed by atoms with Gasteiger partial charge in [-0.05, 0) is 98.2 Å². The third kappa shape index (κ3) is 6.46. The first-order chi connectivity index (χ1) is 18.7. The number of rotatable bonds is 10. The fourth-order valence-corrected chi connectivity index (χ4v) is 4.76. The molecule has 0 aliphatic carbocycles. The van der Waals surface area contributed by atoms with Gasteiger partial charge in [0.05, 0.1) is 22.8 Å². The molecular weight excluding hydrogens is 468 g/mol. The second-order valence-electron chi connectivity index (χ2n) is 9.59. The van der Waals surface area contributed by atoms with Gasteiger partial charge in [-0.1, -0.05) is 60.7 Å². The molecule has 190 valence electrons. The first-order valence-electron chi connectivity index (χ1n) is 13.2. The number of aryl methyl sites for hydroxylation is 4. The average molecular weight is 501 g/mol. The van der Waals surface area contributed by atoms with E-state index in [0.29, 0.717) is 0 Å². The molecule has 4 nitrogen and oxygen atoms in total. The highest BCUT2D eigenvalue weighted by molar-refractivity contribution is 5.68. The number of benzene rings is 4. The fraction of sp³-hybridized carbons (Fsp3) is 0.176. The van der Waals surface area contributed by atoms with Gasteiger partial charge in [-0.2, -0.15) is 0 Å². The lowest BCUT2D eigenvalue weighted by Crippen LogP contribution is -2.07. The van der Waals surface area contributed by atoms with E-state index in [2.05, 4.69) is 48.5 Å². The van der Waals surface area contributed by atoms with Crippen LogP contribution in [0.1, 0.15) is 35.4 Å². The van der Waals surface area contributed by atoms with E-state index in [1.54, 1.807) is 24.3 Å². The Labute approximate surface area is 224 Å². The summed E-state index contributed by atoms with van der Waals surface area (Å²) in [6.45, 7) is 0. The van der Waals surface area contributed by atoms with E-state index in [-0.39, 0.29) is 11.5 Å². The van der Waals surface area contributed by atoms with E-state index >= 15 is 0 Å². The Bertz CT molecular complexity index is 1330. The van der Waals surface area contributed by atoms with Gasteiger partial charge in [0.2, 0.25) is 0 Å². The molecule has 0 aliphatic heterocycles. The Balaban J connectivity index is 1.50. The van der Waals surface area contributed by atoms with Gasteiger partial charge in [-0.3, -0.25) is 0 Å². The predicted molar refractivity (Wildman–Crippen MR) is 153 cm³/mol. The number of aromatic nitrogens is 2. The predicted octanol–water partition coefficient (Wildman–Crippen LogP) is 7.57. The topological polar surface area (TPSA) is 66.2 Å². The molecule has 4 aromatic carbocycles. The van der Waals surface area contributed by atoms with Crippen molar-refractivity contribution in [3.05, 3.63) is 132 Å². The molecule has 5 aromatic rings. The smallest absolute Gasteiger partial charge is 0.115 e. The summed E-state index contributed by atoms with van der Waals surface area (Å²) >= 11 is 0. The van der Waals surface area contributed by atoms with E-state index < -0.39 is 0 Å². The summed E-state index contributed by atoms with van der Waals surface area (Å²) in [5.41, 5.74) is 8.15. The number of aromatic hydroxyl groups is 2. The maximum Gasteiger partial charge on any atom is 0.115 e. The number of phenols is 2. The lowest BCUT2D eigenvalue weighted by atomic mass is 9.99. The number of hydrogen-bond donors (Lipinski definition) is 2. The average Bonchev–Trinajstić information content (AvgIpc) is 2.95. The molecule has 0 atom stereocenters. The van der Waals surface area contributed by atoms with E-state index in [1.807, 2.05) is 36.4 Å². The molecule has 0 spiro atoms. The molecule has 0 amide bonds. The maximum atomic E-state index is 9.88. The summed E-state index contributed by atoms with van der Waals surface area (Å²) in [6, 6.07) is 35.5. The Morgan fingerprint density at radius 1 is 0.421 bits per heavy atom. The van der Waals surface area contributed by atoms with Crippen LogP contribution in [0.2, 0.25) is 0 Å². The maximum absolute atomic E-state index is 9.88. The number of hydrogen-bond acceptors (Lipinski definition) is 4. The first kappa shape index (κ1) is 25.2. The Morgan fingerprint density at radius 3 is 1.16 bits per heavy atom. The SMILES string of the molecule is Oc1ccc(-c2nc(CCCc3ccccc3)c(-c3ccc(O)cc3)nc2CCCc2ccccc2)cc1. The van der Waals surface area contributed by atoms with Crippen molar-refractivity contribution in [2.45, 2.75) is 38.5 Å². The van der Waals surface area contributed by atoms with Crippen LogP contribution in [0.5, 0.6) is 11.5 Å². The molecule has 0 unspecified atom stereocenters. The van der Waals surface area contributed by atoms with Crippen LogP contribution in [-0.4, -0.2) is 20.2 Å². The van der Waals surface area contributed by atoms with Gasteiger partial charge >= 0.3 is 0 Å². The lowest BCUT2D eigenvalue weighted by Gasteiger charge is -2.16. The van der Waals surface area contributed by atoms with Crippen molar-refractivity contribution in [1.29, 1.82) is 0 Å². The van der Waals surface area contributed by atoms with Crippen LogP contribution in [0.4, 0.5) is 0 Å². The van der Waals surface area contributed by atoms with Crippen molar-refractivity contribution in [2.75, 3.05) is 0 Å². The highest BCUT2D eigenvalue weighted by Crippen LogP contribution is 2.31. The summed E-state index contributed by atoms with van der Waals surface area (Å²) in [6.07, 6.45) is 5.40. The summed E-state index contributed by atoms with van der Waals surface area (Å²) in [5, 5.41) is 19.8. The van der Waals surface area contributed by atoms with Crippen LogP contribution in [0.3, 0.4) is 0 Å². The van der Waals surface area contributed by atoms with Crippen LogP contribution in [0.25, 0.3) is 22.5 Å². The van der Waals surface area contributed by atoms with E-state index in [0.717, 1.165) is 72.4 Å². The highest BCUT2D eigenvalue weighted by atomic mass is 16.3. The first-order valence-corrected chi connectivity index (χ1v) is 13.2. The van der Waals surface area contributed by atoms with Crippen LogP contribution >= 0.6 is 0 Å². The summed E-state index contributed by atoms with van der Waals surface area (Å²) in [5.74, 6) is 0.465. The minimum Gasteiger partial charge on any atom is -0.508 e. The van der Waals surface area contributed by atoms with Crippen LogP contribution in [0, 0.1) is 0 Å². The van der Waals surface area contributed by atoms with Crippen molar-refractivity contribution in [3.63, 3.8) is 0 Å². The number of phenolic OH excluding ortho intramolecular Hbond substituents is 2. The zero-order chi connectivity index (χ0) is 26.2. The summed E-state index contributed by atoms with van der Waals surface area (Å²) < 4.78 is 0. The van der Waals surface area contributed by atoms with Crippen molar-refractivity contribution in [1.82, 2.24) is 9.97 Å². The van der Waals surface area contributed by atoms with Crippen molar-refractivity contribution in [3.8, 4) is 34.0 Å². The molecule has 4 heteroatoms. The molecule has 0 saturated carbocycles. The molecule has 0 saturated heterocycles.